The number of nitrogens with two attached hydrogens (primary N) is 1. The molecule has 114 valence electrons. The highest BCUT2D eigenvalue weighted by Crippen LogP contribution is 2.22. The molecule has 7 heteroatoms. The number of hydrogen-bond donors (Lipinski definition) is 2. The maximum absolute atomic E-state index is 12.6. The third-order valence-corrected chi connectivity index (χ3v) is 3.06. The molecule has 0 aliphatic carbocycles. The van der Waals surface area contributed by atoms with Gasteiger partial charge in [-0.2, -0.15) is 8.78 Å². The molecule has 0 rings (SSSR count). The molecule has 0 saturated heterocycles. The van der Waals surface area contributed by atoms with Crippen molar-refractivity contribution < 1.29 is 22.4 Å². The second-order valence-electron chi connectivity index (χ2n) is 4.96. The Kier molecular flexibility index (Phi) is 7.97. The molecule has 0 heterocycles. The van der Waals surface area contributed by atoms with Crippen molar-refractivity contribution in [1.29, 1.82) is 0 Å². The Balaban J connectivity index is 4.05. The zero-order chi connectivity index (χ0) is 15.1. The standard InChI is InChI=1S/C12H22F4N2O/c1-8(2)9(5-6-17)3-4-10(19)18-7-12(15,16)11(13)14/h8-9,11H,3-7,17H2,1-2H3,(H,18,19). The van der Waals surface area contributed by atoms with E-state index in [2.05, 4.69) is 0 Å². The fourth-order valence-electron chi connectivity index (χ4n) is 1.72. The van der Waals surface area contributed by atoms with E-state index in [0.717, 1.165) is 6.42 Å². The molecule has 0 aromatic heterocycles. The number of alkyl halides is 4. The molecular formula is C12H22F4N2O. The van der Waals surface area contributed by atoms with Gasteiger partial charge in [-0.3, -0.25) is 4.79 Å². The van der Waals surface area contributed by atoms with Crippen molar-refractivity contribution in [3.05, 3.63) is 0 Å². The van der Waals surface area contributed by atoms with Gasteiger partial charge in [0.15, 0.2) is 0 Å². The highest BCUT2D eigenvalue weighted by Gasteiger charge is 2.40. The molecular weight excluding hydrogens is 264 g/mol. The summed E-state index contributed by atoms with van der Waals surface area (Å²) in [4.78, 5) is 11.3. The molecule has 0 aromatic rings. The maximum Gasteiger partial charge on any atom is 0.324 e. The van der Waals surface area contributed by atoms with Crippen LogP contribution in [0, 0.1) is 11.8 Å². The van der Waals surface area contributed by atoms with Gasteiger partial charge < -0.3 is 11.1 Å². The van der Waals surface area contributed by atoms with Crippen molar-refractivity contribution >= 4 is 5.91 Å². The minimum atomic E-state index is -4.18. The Morgan fingerprint density at radius 1 is 1.26 bits per heavy atom. The molecule has 0 bridgehead atoms. The van der Waals surface area contributed by atoms with E-state index in [-0.39, 0.29) is 12.3 Å². The van der Waals surface area contributed by atoms with Gasteiger partial charge in [0, 0.05) is 6.42 Å². The largest absolute Gasteiger partial charge is 0.350 e. The SMILES string of the molecule is CC(C)C(CCN)CCC(=O)NCC(F)(F)C(F)F. The van der Waals surface area contributed by atoms with Crippen LogP contribution in [0.5, 0.6) is 0 Å². The van der Waals surface area contributed by atoms with E-state index in [1.165, 1.54) is 0 Å². The van der Waals surface area contributed by atoms with E-state index in [1.807, 2.05) is 19.2 Å². The van der Waals surface area contributed by atoms with Gasteiger partial charge >= 0.3 is 12.3 Å². The quantitative estimate of drug-likeness (QED) is 0.639. The number of rotatable bonds is 9. The molecule has 0 saturated carbocycles. The molecule has 0 fully saturated rings. The summed E-state index contributed by atoms with van der Waals surface area (Å²) < 4.78 is 48.9. The summed E-state index contributed by atoms with van der Waals surface area (Å²) >= 11 is 0. The zero-order valence-electron chi connectivity index (χ0n) is 11.3. The first-order valence-corrected chi connectivity index (χ1v) is 6.33. The van der Waals surface area contributed by atoms with Gasteiger partial charge in [0.1, 0.15) is 0 Å². The number of hydrogen-bond acceptors (Lipinski definition) is 2. The monoisotopic (exact) mass is 286 g/mol. The van der Waals surface area contributed by atoms with Crippen LogP contribution < -0.4 is 11.1 Å². The van der Waals surface area contributed by atoms with Crippen molar-refractivity contribution in [3.63, 3.8) is 0 Å². The summed E-state index contributed by atoms with van der Waals surface area (Å²) in [5, 5.41) is 1.84. The van der Waals surface area contributed by atoms with E-state index in [4.69, 9.17) is 5.73 Å². The number of nitrogens with one attached hydrogen (secondary N) is 1. The first kappa shape index (κ1) is 18.1. The average molecular weight is 286 g/mol. The molecule has 19 heavy (non-hydrogen) atoms. The molecule has 0 aromatic carbocycles. The molecule has 1 atom stereocenters. The second kappa shape index (κ2) is 8.35. The van der Waals surface area contributed by atoms with Gasteiger partial charge in [-0.1, -0.05) is 13.8 Å². The Hall–Kier alpha value is -0.850. The van der Waals surface area contributed by atoms with Crippen LogP contribution in [0.2, 0.25) is 0 Å². The number of carbonyl (C=O) groups excluding carboxylic acids is 1. The lowest BCUT2D eigenvalue weighted by molar-refractivity contribution is -0.136. The van der Waals surface area contributed by atoms with Gasteiger partial charge in [0.05, 0.1) is 6.54 Å². The van der Waals surface area contributed by atoms with Gasteiger partial charge in [-0.15, -0.1) is 0 Å². The molecule has 1 unspecified atom stereocenters. The van der Waals surface area contributed by atoms with Crippen molar-refractivity contribution in [1.82, 2.24) is 5.32 Å². The summed E-state index contributed by atoms with van der Waals surface area (Å²) in [5.74, 6) is -4.25. The summed E-state index contributed by atoms with van der Waals surface area (Å²) in [7, 11) is 0. The number of halogens is 4. The zero-order valence-corrected chi connectivity index (χ0v) is 11.3. The lowest BCUT2D eigenvalue weighted by atomic mass is 9.88. The van der Waals surface area contributed by atoms with Crippen molar-refractivity contribution in [2.24, 2.45) is 17.6 Å². The smallest absolute Gasteiger partial charge is 0.324 e. The highest BCUT2D eigenvalue weighted by atomic mass is 19.3. The lowest BCUT2D eigenvalue weighted by Gasteiger charge is -2.20. The van der Waals surface area contributed by atoms with E-state index < -0.39 is 24.8 Å². The fraction of sp³-hybridized carbons (Fsp3) is 0.917. The third kappa shape index (κ3) is 7.34. The van der Waals surface area contributed by atoms with Crippen LogP contribution in [0.3, 0.4) is 0 Å². The molecule has 0 spiro atoms. The van der Waals surface area contributed by atoms with Crippen LogP contribution in [-0.4, -0.2) is 31.3 Å². The number of carbonyl (C=O) groups is 1. The second-order valence-corrected chi connectivity index (χ2v) is 4.96. The topological polar surface area (TPSA) is 55.1 Å². The summed E-state index contributed by atoms with van der Waals surface area (Å²) in [5.41, 5.74) is 5.44. The average Bonchev–Trinajstić information content (AvgIpc) is 2.31. The Morgan fingerprint density at radius 2 is 1.84 bits per heavy atom. The first-order chi connectivity index (χ1) is 8.70. The third-order valence-electron chi connectivity index (χ3n) is 3.06. The van der Waals surface area contributed by atoms with E-state index in [0.29, 0.717) is 18.9 Å². The van der Waals surface area contributed by atoms with Crippen LogP contribution in [0.25, 0.3) is 0 Å². The maximum atomic E-state index is 12.6. The fourth-order valence-corrected chi connectivity index (χ4v) is 1.72. The molecule has 1 amide bonds. The Labute approximate surface area is 110 Å². The van der Waals surface area contributed by atoms with Crippen LogP contribution in [0.1, 0.15) is 33.1 Å². The van der Waals surface area contributed by atoms with Crippen molar-refractivity contribution in [2.75, 3.05) is 13.1 Å². The molecule has 3 N–H and O–H groups in total. The van der Waals surface area contributed by atoms with Gasteiger partial charge in [0.25, 0.3) is 0 Å². The minimum absolute atomic E-state index is 0.0438. The molecule has 3 nitrogen and oxygen atoms in total. The van der Waals surface area contributed by atoms with Gasteiger partial charge in [-0.05, 0) is 31.2 Å². The van der Waals surface area contributed by atoms with Crippen molar-refractivity contribution in [2.45, 2.75) is 45.5 Å². The summed E-state index contributed by atoms with van der Waals surface area (Å²) in [6.45, 7) is 3.15. The predicted octanol–water partition coefficient (Wildman–Crippen LogP) is 2.40. The first-order valence-electron chi connectivity index (χ1n) is 6.33. The molecule has 0 radical (unpaired) electrons. The van der Waals surface area contributed by atoms with Gasteiger partial charge in [-0.25, -0.2) is 8.78 Å². The number of amides is 1. The lowest BCUT2D eigenvalue weighted by Crippen LogP contribution is -2.41. The van der Waals surface area contributed by atoms with Crippen LogP contribution in [-0.2, 0) is 4.79 Å². The Morgan fingerprint density at radius 3 is 2.26 bits per heavy atom. The van der Waals surface area contributed by atoms with Gasteiger partial charge in [0.2, 0.25) is 5.91 Å². The van der Waals surface area contributed by atoms with E-state index in [1.54, 1.807) is 0 Å². The predicted molar refractivity (Wildman–Crippen MR) is 65.2 cm³/mol. The van der Waals surface area contributed by atoms with Crippen LogP contribution in [0.15, 0.2) is 0 Å². The van der Waals surface area contributed by atoms with Crippen LogP contribution in [0.4, 0.5) is 17.6 Å². The Bertz CT molecular complexity index is 272. The molecule has 0 aliphatic rings. The van der Waals surface area contributed by atoms with Crippen molar-refractivity contribution in [3.8, 4) is 0 Å². The van der Waals surface area contributed by atoms with Crippen LogP contribution >= 0.6 is 0 Å². The van der Waals surface area contributed by atoms with E-state index >= 15 is 0 Å². The summed E-state index contributed by atoms with van der Waals surface area (Å²) in [6.07, 6.45) is -2.46. The highest BCUT2D eigenvalue weighted by molar-refractivity contribution is 5.75. The van der Waals surface area contributed by atoms with E-state index in [9.17, 15) is 22.4 Å². The minimum Gasteiger partial charge on any atom is -0.350 e. The molecule has 0 aliphatic heterocycles. The normalized spacial score (nSPS) is 13.9. The summed E-state index contributed by atoms with van der Waals surface area (Å²) in [6, 6.07) is 0.